The number of hydroxylamine groups is 1. The molecule has 0 bridgehead atoms. The average molecular weight is 426 g/mol. The summed E-state index contributed by atoms with van der Waals surface area (Å²) in [4.78, 5) is 17.6. The normalized spacial score (nSPS) is 11.0. The molecule has 0 aliphatic rings. The Morgan fingerprint density at radius 1 is 0.967 bits per heavy atom. The van der Waals surface area contributed by atoms with Gasteiger partial charge in [-0.2, -0.15) is 0 Å². The lowest BCUT2D eigenvalue weighted by atomic mass is 10.1. The molecule has 8 heteroatoms. The van der Waals surface area contributed by atoms with Crippen molar-refractivity contribution < 1.29 is 22.8 Å². The molecule has 3 rings (SSSR count). The molecule has 1 amide bonds. The number of para-hydroxylation sites is 2. The number of anilines is 1. The van der Waals surface area contributed by atoms with Gasteiger partial charge in [-0.1, -0.05) is 48.5 Å². The SMILES string of the molecule is COc1ccccc1NS(=O)(=O)c1cc(C(=O)NOCc2ccccc2)ccc1C. The Balaban J connectivity index is 1.76. The standard InChI is InChI=1S/C22H22N2O5S/c1-16-12-13-18(22(25)23-29-15-17-8-4-3-5-9-17)14-21(16)30(26,27)24-19-10-6-7-11-20(19)28-2/h3-14,24H,15H2,1-2H3,(H,23,25). The van der Waals surface area contributed by atoms with Gasteiger partial charge in [-0.25, -0.2) is 13.9 Å². The highest BCUT2D eigenvalue weighted by molar-refractivity contribution is 7.92. The number of hydrogen-bond acceptors (Lipinski definition) is 5. The van der Waals surface area contributed by atoms with Crippen LogP contribution in [0, 0.1) is 6.92 Å². The maximum atomic E-state index is 12.9. The summed E-state index contributed by atoms with van der Waals surface area (Å²) in [6.07, 6.45) is 0. The monoisotopic (exact) mass is 426 g/mol. The van der Waals surface area contributed by atoms with E-state index in [9.17, 15) is 13.2 Å². The highest BCUT2D eigenvalue weighted by Crippen LogP contribution is 2.27. The molecule has 0 saturated heterocycles. The van der Waals surface area contributed by atoms with E-state index in [0.717, 1.165) is 5.56 Å². The fraction of sp³-hybridized carbons (Fsp3) is 0.136. The highest BCUT2D eigenvalue weighted by atomic mass is 32.2. The van der Waals surface area contributed by atoms with Crippen LogP contribution in [-0.2, 0) is 21.5 Å². The first-order chi connectivity index (χ1) is 14.4. The molecule has 0 radical (unpaired) electrons. The lowest BCUT2D eigenvalue weighted by molar-refractivity contribution is 0.0233. The summed E-state index contributed by atoms with van der Waals surface area (Å²) in [7, 11) is -2.49. The first kappa shape index (κ1) is 21.4. The van der Waals surface area contributed by atoms with Crippen LogP contribution in [0.1, 0.15) is 21.5 Å². The van der Waals surface area contributed by atoms with Gasteiger partial charge in [0.2, 0.25) is 0 Å². The van der Waals surface area contributed by atoms with Crippen LogP contribution in [0.4, 0.5) is 5.69 Å². The molecule has 0 atom stereocenters. The molecule has 0 fully saturated rings. The van der Waals surface area contributed by atoms with E-state index < -0.39 is 15.9 Å². The van der Waals surface area contributed by atoms with Crippen LogP contribution in [0.2, 0.25) is 0 Å². The Bertz CT molecular complexity index is 1130. The van der Waals surface area contributed by atoms with E-state index in [0.29, 0.717) is 17.0 Å². The topological polar surface area (TPSA) is 93.7 Å². The third-order valence-electron chi connectivity index (χ3n) is 4.34. The third kappa shape index (κ3) is 5.16. The van der Waals surface area contributed by atoms with Crippen molar-refractivity contribution in [2.75, 3.05) is 11.8 Å². The van der Waals surface area contributed by atoms with Crippen molar-refractivity contribution in [2.24, 2.45) is 0 Å². The molecule has 2 N–H and O–H groups in total. The van der Waals surface area contributed by atoms with Gasteiger partial charge in [0.1, 0.15) is 5.75 Å². The molecule has 0 aromatic heterocycles. The summed E-state index contributed by atoms with van der Waals surface area (Å²) >= 11 is 0. The minimum Gasteiger partial charge on any atom is -0.495 e. The molecular formula is C22H22N2O5S. The van der Waals surface area contributed by atoms with Crippen LogP contribution in [0.25, 0.3) is 0 Å². The van der Waals surface area contributed by atoms with Gasteiger partial charge in [-0.3, -0.25) is 14.4 Å². The summed E-state index contributed by atoms with van der Waals surface area (Å²) in [5.41, 5.74) is 4.20. The number of methoxy groups -OCH3 is 1. The fourth-order valence-corrected chi connectivity index (χ4v) is 4.12. The zero-order valence-electron chi connectivity index (χ0n) is 16.6. The molecule has 7 nitrogen and oxygen atoms in total. The van der Waals surface area contributed by atoms with Gasteiger partial charge in [0.05, 0.1) is 24.3 Å². The molecule has 3 aromatic carbocycles. The molecule has 0 unspecified atom stereocenters. The van der Waals surface area contributed by atoms with E-state index in [-0.39, 0.29) is 17.1 Å². The van der Waals surface area contributed by atoms with Crippen LogP contribution in [0.3, 0.4) is 0 Å². The van der Waals surface area contributed by atoms with E-state index in [1.54, 1.807) is 43.3 Å². The number of aryl methyl sites for hydroxylation is 1. The van der Waals surface area contributed by atoms with Gasteiger partial charge in [-0.05, 0) is 42.3 Å². The maximum absolute atomic E-state index is 12.9. The minimum absolute atomic E-state index is 0.0101. The van der Waals surface area contributed by atoms with Gasteiger partial charge < -0.3 is 4.74 Å². The molecule has 0 saturated carbocycles. The van der Waals surface area contributed by atoms with Gasteiger partial charge in [0.25, 0.3) is 15.9 Å². The van der Waals surface area contributed by atoms with Crippen molar-refractivity contribution in [2.45, 2.75) is 18.4 Å². The largest absolute Gasteiger partial charge is 0.495 e. The van der Waals surface area contributed by atoms with Crippen molar-refractivity contribution in [1.29, 1.82) is 0 Å². The molecule has 0 spiro atoms. The molecular weight excluding hydrogens is 404 g/mol. The van der Waals surface area contributed by atoms with Crippen molar-refractivity contribution >= 4 is 21.6 Å². The molecule has 3 aromatic rings. The number of ether oxygens (including phenoxy) is 1. The van der Waals surface area contributed by atoms with Crippen molar-refractivity contribution in [1.82, 2.24) is 5.48 Å². The van der Waals surface area contributed by atoms with Gasteiger partial charge >= 0.3 is 0 Å². The maximum Gasteiger partial charge on any atom is 0.274 e. The smallest absolute Gasteiger partial charge is 0.274 e. The van der Waals surface area contributed by atoms with Crippen molar-refractivity contribution in [3.8, 4) is 5.75 Å². The first-order valence-electron chi connectivity index (χ1n) is 9.13. The number of benzene rings is 3. The molecule has 0 aliphatic carbocycles. The first-order valence-corrected chi connectivity index (χ1v) is 10.6. The Morgan fingerprint density at radius 3 is 2.40 bits per heavy atom. The van der Waals surface area contributed by atoms with E-state index in [2.05, 4.69) is 10.2 Å². The van der Waals surface area contributed by atoms with Crippen LogP contribution < -0.4 is 14.9 Å². The van der Waals surface area contributed by atoms with Crippen molar-refractivity contribution in [3.63, 3.8) is 0 Å². The Kier molecular flexibility index (Phi) is 6.71. The Morgan fingerprint density at radius 2 is 1.67 bits per heavy atom. The van der Waals surface area contributed by atoms with E-state index in [4.69, 9.17) is 9.57 Å². The predicted molar refractivity (Wildman–Crippen MR) is 114 cm³/mol. The molecule has 0 aliphatic heterocycles. The van der Waals surface area contributed by atoms with Crippen molar-refractivity contribution in [3.05, 3.63) is 89.5 Å². The number of rotatable bonds is 8. The average Bonchev–Trinajstić information content (AvgIpc) is 2.74. The zero-order chi connectivity index (χ0) is 21.6. The second-order valence-electron chi connectivity index (χ2n) is 6.49. The number of hydrogen-bond donors (Lipinski definition) is 2. The molecule has 0 heterocycles. The summed E-state index contributed by atoms with van der Waals surface area (Å²) in [6.45, 7) is 1.85. The Labute approximate surface area is 175 Å². The summed E-state index contributed by atoms with van der Waals surface area (Å²) in [5, 5.41) is 0. The number of sulfonamides is 1. The van der Waals surface area contributed by atoms with E-state index in [1.807, 2.05) is 30.3 Å². The quantitative estimate of drug-likeness (QED) is 0.536. The fourth-order valence-electron chi connectivity index (χ4n) is 2.78. The zero-order valence-corrected chi connectivity index (χ0v) is 17.4. The second-order valence-corrected chi connectivity index (χ2v) is 8.14. The van der Waals surface area contributed by atoms with Crippen LogP contribution >= 0.6 is 0 Å². The Hall–Kier alpha value is -3.36. The third-order valence-corrected chi connectivity index (χ3v) is 5.85. The number of carbonyl (C=O) groups is 1. The lowest BCUT2D eigenvalue weighted by Crippen LogP contribution is -2.24. The van der Waals surface area contributed by atoms with Gasteiger partial charge in [0.15, 0.2) is 0 Å². The van der Waals surface area contributed by atoms with Gasteiger partial charge in [-0.15, -0.1) is 0 Å². The molecule has 156 valence electrons. The highest BCUT2D eigenvalue weighted by Gasteiger charge is 2.21. The predicted octanol–water partition coefficient (Wildman–Crippen LogP) is 3.67. The van der Waals surface area contributed by atoms with Crippen LogP contribution in [-0.4, -0.2) is 21.4 Å². The summed E-state index contributed by atoms with van der Waals surface area (Å²) in [6, 6.07) is 20.5. The summed E-state index contributed by atoms with van der Waals surface area (Å²) in [5.74, 6) is -0.151. The lowest BCUT2D eigenvalue weighted by Gasteiger charge is -2.14. The van der Waals surface area contributed by atoms with Crippen LogP contribution in [0.15, 0.2) is 77.7 Å². The van der Waals surface area contributed by atoms with E-state index in [1.165, 1.54) is 13.2 Å². The summed E-state index contributed by atoms with van der Waals surface area (Å²) < 4.78 is 33.6. The van der Waals surface area contributed by atoms with Crippen LogP contribution in [0.5, 0.6) is 5.75 Å². The number of nitrogens with one attached hydrogen (secondary N) is 2. The van der Waals surface area contributed by atoms with Gasteiger partial charge in [0, 0.05) is 5.56 Å². The number of amides is 1. The van der Waals surface area contributed by atoms with E-state index >= 15 is 0 Å². The second kappa shape index (κ2) is 9.43. The number of carbonyl (C=O) groups excluding carboxylic acids is 1. The minimum atomic E-state index is -3.95. The molecule has 30 heavy (non-hydrogen) atoms.